The monoisotopic (exact) mass is 257 g/mol. The smallest absolute Gasteiger partial charge is 0.265 e. The van der Waals surface area contributed by atoms with E-state index in [1.807, 2.05) is 13.0 Å². The fourth-order valence-electron chi connectivity index (χ4n) is 1.78. The van der Waals surface area contributed by atoms with Crippen LogP contribution in [0, 0.1) is 6.92 Å². The number of nitrogen functional groups attached to an aromatic ring is 1. The van der Waals surface area contributed by atoms with E-state index < -0.39 is 0 Å². The molecule has 2 rings (SSSR count). The molecule has 5 heteroatoms. The van der Waals surface area contributed by atoms with Crippen molar-refractivity contribution in [2.45, 2.75) is 13.5 Å². The van der Waals surface area contributed by atoms with Crippen LogP contribution in [0.25, 0.3) is 0 Å². The first-order valence-electron chi connectivity index (χ1n) is 5.87. The van der Waals surface area contributed by atoms with Crippen molar-refractivity contribution in [3.05, 3.63) is 69.6 Å². The Morgan fingerprint density at radius 1 is 1.26 bits per heavy atom. The standard InChI is InChI=1S/C14H15N3O2/c1-10-6-7-17(13(18)8-10)9-11-2-4-12(5-3-11)14(19)16-15/h2-8H,9,15H2,1H3,(H,16,19). The number of hydrazine groups is 1. The number of nitrogens with zero attached hydrogens (tertiary/aromatic N) is 1. The molecule has 0 saturated carbocycles. The Bertz CT molecular complexity index is 644. The minimum Gasteiger partial charge on any atom is -0.311 e. The van der Waals surface area contributed by atoms with Crippen LogP contribution in [-0.4, -0.2) is 10.5 Å². The van der Waals surface area contributed by atoms with Gasteiger partial charge in [-0.1, -0.05) is 12.1 Å². The second kappa shape index (κ2) is 5.49. The van der Waals surface area contributed by atoms with Crippen molar-refractivity contribution in [1.29, 1.82) is 0 Å². The molecular weight excluding hydrogens is 242 g/mol. The highest BCUT2D eigenvalue weighted by molar-refractivity contribution is 5.93. The molecular formula is C14H15N3O2. The molecule has 3 N–H and O–H groups in total. The number of aromatic nitrogens is 1. The van der Waals surface area contributed by atoms with Crippen LogP contribution < -0.4 is 16.8 Å². The third kappa shape index (κ3) is 3.08. The van der Waals surface area contributed by atoms with Gasteiger partial charge in [0.05, 0.1) is 6.54 Å². The van der Waals surface area contributed by atoms with E-state index in [1.54, 1.807) is 41.1 Å². The van der Waals surface area contributed by atoms with Crippen molar-refractivity contribution in [3.8, 4) is 0 Å². The third-order valence-corrected chi connectivity index (χ3v) is 2.85. The molecule has 1 amide bonds. The third-order valence-electron chi connectivity index (χ3n) is 2.85. The largest absolute Gasteiger partial charge is 0.311 e. The molecule has 0 bridgehead atoms. The molecule has 1 aromatic carbocycles. The predicted molar refractivity (Wildman–Crippen MR) is 72.6 cm³/mol. The van der Waals surface area contributed by atoms with Gasteiger partial charge in [-0.15, -0.1) is 0 Å². The molecule has 5 nitrogen and oxygen atoms in total. The summed E-state index contributed by atoms with van der Waals surface area (Å²) in [6.07, 6.45) is 1.76. The number of rotatable bonds is 3. The topological polar surface area (TPSA) is 77.1 Å². The molecule has 19 heavy (non-hydrogen) atoms. The average molecular weight is 257 g/mol. The van der Waals surface area contributed by atoms with E-state index in [9.17, 15) is 9.59 Å². The Hall–Kier alpha value is -2.40. The van der Waals surface area contributed by atoms with Crippen molar-refractivity contribution in [2.24, 2.45) is 5.84 Å². The SMILES string of the molecule is Cc1ccn(Cc2ccc(C(=O)NN)cc2)c(=O)c1. The first-order valence-corrected chi connectivity index (χ1v) is 5.87. The van der Waals surface area contributed by atoms with E-state index >= 15 is 0 Å². The molecule has 1 heterocycles. The van der Waals surface area contributed by atoms with Gasteiger partial charge in [0.15, 0.2) is 0 Å². The number of amides is 1. The van der Waals surface area contributed by atoms with Crippen LogP contribution in [0.5, 0.6) is 0 Å². The normalized spacial score (nSPS) is 10.2. The quantitative estimate of drug-likeness (QED) is 0.485. The van der Waals surface area contributed by atoms with Crippen molar-refractivity contribution >= 4 is 5.91 Å². The summed E-state index contributed by atoms with van der Waals surface area (Å²) < 4.78 is 1.62. The molecule has 0 saturated heterocycles. The number of carbonyl (C=O) groups excluding carboxylic acids is 1. The second-order valence-electron chi connectivity index (χ2n) is 4.34. The van der Waals surface area contributed by atoms with Gasteiger partial charge in [0, 0.05) is 17.8 Å². The van der Waals surface area contributed by atoms with E-state index in [0.717, 1.165) is 11.1 Å². The highest BCUT2D eigenvalue weighted by atomic mass is 16.2. The highest BCUT2D eigenvalue weighted by Crippen LogP contribution is 2.05. The van der Waals surface area contributed by atoms with Gasteiger partial charge < -0.3 is 4.57 Å². The summed E-state index contributed by atoms with van der Waals surface area (Å²) in [7, 11) is 0. The lowest BCUT2D eigenvalue weighted by molar-refractivity contribution is 0.0953. The van der Waals surface area contributed by atoms with Crippen molar-refractivity contribution in [3.63, 3.8) is 0 Å². The summed E-state index contributed by atoms with van der Waals surface area (Å²) in [6, 6.07) is 10.4. The summed E-state index contributed by atoms with van der Waals surface area (Å²) in [6.45, 7) is 2.36. The van der Waals surface area contributed by atoms with Gasteiger partial charge >= 0.3 is 0 Å². The number of nitrogens with two attached hydrogens (primary N) is 1. The summed E-state index contributed by atoms with van der Waals surface area (Å²) >= 11 is 0. The minimum absolute atomic E-state index is 0.0382. The van der Waals surface area contributed by atoms with E-state index in [4.69, 9.17) is 5.84 Å². The highest BCUT2D eigenvalue weighted by Gasteiger charge is 2.03. The average Bonchev–Trinajstić information content (AvgIpc) is 2.42. The molecule has 0 aliphatic rings. The van der Waals surface area contributed by atoms with Crippen molar-refractivity contribution in [2.75, 3.05) is 0 Å². The summed E-state index contributed by atoms with van der Waals surface area (Å²) in [4.78, 5) is 23.0. The number of hydrogen-bond donors (Lipinski definition) is 2. The Kier molecular flexibility index (Phi) is 3.77. The first-order chi connectivity index (χ1) is 9.10. The maximum atomic E-state index is 11.7. The first kappa shape index (κ1) is 13.0. The number of hydrogen-bond acceptors (Lipinski definition) is 3. The summed E-state index contributed by atoms with van der Waals surface area (Å²) in [5.74, 6) is 4.72. The number of pyridine rings is 1. The number of benzene rings is 1. The molecule has 0 radical (unpaired) electrons. The zero-order valence-electron chi connectivity index (χ0n) is 10.6. The van der Waals surface area contributed by atoms with Gasteiger partial charge in [-0.25, -0.2) is 5.84 Å². The van der Waals surface area contributed by atoms with Gasteiger partial charge in [0.2, 0.25) is 0 Å². The van der Waals surface area contributed by atoms with Crippen LogP contribution in [0.2, 0.25) is 0 Å². The van der Waals surface area contributed by atoms with Crippen LogP contribution in [-0.2, 0) is 6.54 Å². The van der Waals surface area contributed by atoms with E-state index in [1.165, 1.54) is 0 Å². The lowest BCUT2D eigenvalue weighted by Crippen LogP contribution is -2.29. The van der Waals surface area contributed by atoms with Gasteiger partial charge in [0.25, 0.3) is 11.5 Å². The molecule has 2 aromatic rings. The van der Waals surface area contributed by atoms with Crippen LogP contribution in [0.1, 0.15) is 21.5 Å². The molecule has 98 valence electrons. The molecule has 0 spiro atoms. The Morgan fingerprint density at radius 2 is 1.95 bits per heavy atom. The van der Waals surface area contributed by atoms with Gasteiger partial charge in [-0.3, -0.25) is 15.0 Å². The number of aryl methyl sites for hydroxylation is 1. The van der Waals surface area contributed by atoms with Crippen molar-refractivity contribution < 1.29 is 4.79 Å². The van der Waals surface area contributed by atoms with Crippen LogP contribution in [0.15, 0.2) is 47.4 Å². The predicted octanol–water partition coefficient (Wildman–Crippen LogP) is 0.809. The van der Waals surface area contributed by atoms with E-state index in [-0.39, 0.29) is 11.5 Å². The van der Waals surface area contributed by atoms with Crippen LogP contribution >= 0.6 is 0 Å². The lowest BCUT2D eigenvalue weighted by atomic mass is 10.1. The Morgan fingerprint density at radius 3 is 2.53 bits per heavy atom. The van der Waals surface area contributed by atoms with E-state index in [0.29, 0.717) is 12.1 Å². The summed E-state index contributed by atoms with van der Waals surface area (Å²) in [5, 5.41) is 0. The Labute approximate surface area is 110 Å². The molecule has 0 aliphatic carbocycles. The second-order valence-corrected chi connectivity index (χ2v) is 4.34. The van der Waals surface area contributed by atoms with Gasteiger partial charge in [-0.05, 0) is 36.2 Å². The number of nitrogens with one attached hydrogen (secondary N) is 1. The van der Waals surface area contributed by atoms with Crippen LogP contribution in [0.3, 0.4) is 0 Å². The molecule has 0 fully saturated rings. The van der Waals surface area contributed by atoms with E-state index in [2.05, 4.69) is 5.43 Å². The fraction of sp³-hybridized carbons (Fsp3) is 0.143. The number of carbonyl (C=O) groups is 1. The maximum absolute atomic E-state index is 11.7. The fourth-order valence-corrected chi connectivity index (χ4v) is 1.78. The zero-order valence-corrected chi connectivity index (χ0v) is 10.6. The molecule has 0 aliphatic heterocycles. The molecule has 0 unspecified atom stereocenters. The maximum Gasteiger partial charge on any atom is 0.265 e. The molecule has 0 atom stereocenters. The minimum atomic E-state index is -0.334. The van der Waals surface area contributed by atoms with Crippen LogP contribution in [0.4, 0.5) is 0 Å². The lowest BCUT2D eigenvalue weighted by Gasteiger charge is -2.07. The molecule has 1 aromatic heterocycles. The van der Waals surface area contributed by atoms with Crippen molar-refractivity contribution in [1.82, 2.24) is 9.99 Å². The zero-order chi connectivity index (χ0) is 13.8. The van der Waals surface area contributed by atoms with Gasteiger partial charge in [0.1, 0.15) is 0 Å². The van der Waals surface area contributed by atoms with Gasteiger partial charge in [-0.2, -0.15) is 0 Å². The summed E-state index contributed by atoms with van der Waals surface area (Å²) in [5.41, 5.74) is 4.41. The Balaban J connectivity index is 2.20.